The average Bonchev–Trinajstić information content (AvgIpc) is 2.98. The molecule has 22 heavy (non-hydrogen) atoms. The lowest BCUT2D eigenvalue weighted by Crippen LogP contribution is -2.69. The van der Waals surface area contributed by atoms with Gasteiger partial charge in [0.2, 0.25) is 11.8 Å². The molecule has 10 heteroatoms. The summed E-state index contributed by atoms with van der Waals surface area (Å²) in [6, 6.07) is -0.752. The van der Waals surface area contributed by atoms with Crippen LogP contribution < -0.4 is 11.1 Å². The third-order valence-electron chi connectivity index (χ3n) is 3.34. The summed E-state index contributed by atoms with van der Waals surface area (Å²) in [7, 11) is 0. The highest BCUT2D eigenvalue weighted by atomic mass is 32.2. The Bertz CT molecular complexity index is 658. The number of aliphatic carboxylic acids is 1. The second kappa shape index (κ2) is 5.46. The van der Waals surface area contributed by atoms with Crippen molar-refractivity contribution in [3.8, 4) is 0 Å². The van der Waals surface area contributed by atoms with Crippen LogP contribution in [-0.4, -0.2) is 54.5 Å². The summed E-state index contributed by atoms with van der Waals surface area (Å²) in [6.07, 6.45) is 4.54. The maximum atomic E-state index is 11.9. The molecule has 0 aliphatic carbocycles. The number of aromatic amines is 1. The monoisotopic (exact) mass is 323 g/mol. The van der Waals surface area contributed by atoms with Gasteiger partial charge in [0.25, 0.3) is 0 Å². The Morgan fingerprint density at radius 3 is 2.95 bits per heavy atom. The fourth-order valence-electron chi connectivity index (χ4n) is 2.31. The lowest BCUT2D eigenvalue weighted by atomic mass is 10.1. The van der Waals surface area contributed by atoms with E-state index >= 15 is 0 Å². The van der Waals surface area contributed by atoms with E-state index < -0.39 is 28.7 Å². The number of nitrogens with zero attached hydrogens (tertiary/aromatic N) is 2. The first-order valence-corrected chi connectivity index (χ1v) is 7.38. The number of hydrogen-bond donors (Lipinski definition) is 4. The number of thioether (sulfide) groups is 1. The van der Waals surface area contributed by atoms with E-state index in [2.05, 4.69) is 15.3 Å². The van der Waals surface area contributed by atoms with Gasteiger partial charge in [0.15, 0.2) is 0 Å². The number of nitrogens with one attached hydrogen (secondary N) is 2. The van der Waals surface area contributed by atoms with Gasteiger partial charge in [-0.3, -0.25) is 14.5 Å². The Hall–Kier alpha value is -2.33. The highest BCUT2D eigenvalue weighted by Gasteiger charge is 2.52. The lowest BCUT2D eigenvalue weighted by Gasteiger charge is -2.48. The van der Waals surface area contributed by atoms with Gasteiger partial charge in [-0.05, 0) is 6.08 Å². The Morgan fingerprint density at radius 1 is 1.55 bits per heavy atom. The van der Waals surface area contributed by atoms with Gasteiger partial charge in [-0.15, -0.1) is 11.8 Å². The van der Waals surface area contributed by atoms with E-state index in [0.717, 1.165) is 4.90 Å². The SMILES string of the molecule is N[C@@H]1C(=O)N2C(C(=O)O)=CC(NC(=O)Cc3ncc[nH]3)S[C@H]12. The molecule has 3 atom stereocenters. The molecule has 0 radical (unpaired) electrons. The smallest absolute Gasteiger partial charge is 0.352 e. The van der Waals surface area contributed by atoms with Crippen LogP contribution in [0.1, 0.15) is 5.82 Å². The third kappa shape index (κ3) is 2.46. The molecule has 0 bridgehead atoms. The number of β-lactam (4-membered cyclic amide) rings is 1. The van der Waals surface area contributed by atoms with Crippen LogP contribution in [0.2, 0.25) is 0 Å². The molecule has 5 N–H and O–H groups in total. The van der Waals surface area contributed by atoms with Crippen LogP contribution in [0.3, 0.4) is 0 Å². The topological polar surface area (TPSA) is 141 Å². The van der Waals surface area contributed by atoms with E-state index in [1.807, 2.05) is 0 Å². The summed E-state index contributed by atoms with van der Waals surface area (Å²) in [5.41, 5.74) is 5.53. The Kier molecular flexibility index (Phi) is 3.62. The van der Waals surface area contributed by atoms with Crippen molar-refractivity contribution in [1.29, 1.82) is 0 Å². The number of imidazole rings is 1. The summed E-state index contributed by atoms with van der Waals surface area (Å²) < 4.78 is 0. The Morgan fingerprint density at radius 2 is 2.32 bits per heavy atom. The molecule has 3 heterocycles. The molecule has 2 aliphatic rings. The molecule has 1 unspecified atom stereocenters. The fourth-order valence-corrected chi connectivity index (χ4v) is 3.64. The predicted molar refractivity (Wildman–Crippen MR) is 76.1 cm³/mol. The Labute approximate surface area is 128 Å². The van der Waals surface area contributed by atoms with Gasteiger partial charge in [0.1, 0.15) is 22.9 Å². The molecule has 3 rings (SSSR count). The van der Waals surface area contributed by atoms with Gasteiger partial charge in [-0.2, -0.15) is 0 Å². The molecule has 0 spiro atoms. The minimum atomic E-state index is -1.23. The first-order valence-electron chi connectivity index (χ1n) is 6.44. The average molecular weight is 323 g/mol. The van der Waals surface area contributed by atoms with E-state index in [1.54, 1.807) is 6.20 Å². The van der Waals surface area contributed by atoms with E-state index in [1.165, 1.54) is 24.0 Å². The number of carboxylic acid groups (broad SMARTS) is 1. The van der Waals surface area contributed by atoms with Crippen LogP contribution in [0.15, 0.2) is 24.2 Å². The number of nitrogens with two attached hydrogens (primary N) is 1. The number of carboxylic acids is 1. The number of rotatable bonds is 4. The largest absolute Gasteiger partial charge is 0.477 e. The van der Waals surface area contributed by atoms with Crippen LogP contribution in [0.25, 0.3) is 0 Å². The van der Waals surface area contributed by atoms with Gasteiger partial charge < -0.3 is 21.1 Å². The van der Waals surface area contributed by atoms with Crippen LogP contribution in [0.4, 0.5) is 0 Å². The minimum absolute atomic E-state index is 0.0552. The normalized spacial score (nSPS) is 26.8. The molecule has 0 saturated carbocycles. The Balaban J connectivity index is 1.71. The summed E-state index contributed by atoms with van der Waals surface area (Å²) in [4.78, 5) is 42.7. The third-order valence-corrected chi connectivity index (χ3v) is 4.67. The van der Waals surface area contributed by atoms with Crippen LogP contribution in [-0.2, 0) is 20.8 Å². The van der Waals surface area contributed by atoms with Gasteiger partial charge >= 0.3 is 5.97 Å². The van der Waals surface area contributed by atoms with Crippen molar-refractivity contribution >= 4 is 29.5 Å². The number of H-pyrrole nitrogens is 1. The highest BCUT2D eigenvalue weighted by molar-refractivity contribution is 8.00. The van der Waals surface area contributed by atoms with E-state index in [9.17, 15) is 19.5 Å². The summed E-state index contributed by atoms with van der Waals surface area (Å²) in [6.45, 7) is 0. The summed E-state index contributed by atoms with van der Waals surface area (Å²) in [5.74, 6) is -1.44. The van der Waals surface area contributed by atoms with Crippen molar-refractivity contribution in [2.24, 2.45) is 5.73 Å². The predicted octanol–water partition coefficient (Wildman–Crippen LogP) is -1.39. The number of aromatic nitrogens is 2. The second-order valence-corrected chi connectivity index (χ2v) is 6.08. The first kappa shape index (κ1) is 14.6. The van der Waals surface area contributed by atoms with Gasteiger partial charge in [0, 0.05) is 12.4 Å². The van der Waals surface area contributed by atoms with E-state index in [-0.39, 0.29) is 18.0 Å². The first-order chi connectivity index (χ1) is 10.5. The molecular weight excluding hydrogens is 310 g/mol. The molecule has 2 aliphatic heterocycles. The van der Waals surface area contributed by atoms with E-state index in [0.29, 0.717) is 5.82 Å². The molecule has 116 valence electrons. The van der Waals surface area contributed by atoms with Crippen molar-refractivity contribution in [2.45, 2.75) is 23.2 Å². The van der Waals surface area contributed by atoms with Crippen molar-refractivity contribution < 1.29 is 19.5 Å². The molecule has 1 aromatic rings. The molecule has 1 saturated heterocycles. The molecular formula is C12H13N5O4S. The van der Waals surface area contributed by atoms with E-state index in [4.69, 9.17) is 5.73 Å². The fraction of sp³-hybridized carbons (Fsp3) is 0.333. The number of hydrogen-bond acceptors (Lipinski definition) is 6. The molecule has 0 aromatic carbocycles. The maximum Gasteiger partial charge on any atom is 0.352 e. The van der Waals surface area contributed by atoms with Crippen LogP contribution in [0, 0.1) is 0 Å². The maximum absolute atomic E-state index is 11.9. The zero-order valence-electron chi connectivity index (χ0n) is 11.2. The number of carbonyl (C=O) groups excluding carboxylic acids is 2. The summed E-state index contributed by atoms with van der Waals surface area (Å²) >= 11 is 1.23. The molecule has 9 nitrogen and oxygen atoms in total. The second-order valence-electron chi connectivity index (χ2n) is 4.82. The number of carbonyl (C=O) groups is 3. The van der Waals surface area contributed by atoms with Crippen LogP contribution in [0.5, 0.6) is 0 Å². The van der Waals surface area contributed by atoms with Crippen molar-refractivity contribution in [3.63, 3.8) is 0 Å². The quantitative estimate of drug-likeness (QED) is 0.500. The van der Waals surface area contributed by atoms with Crippen molar-refractivity contribution in [2.75, 3.05) is 0 Å². The van der Waals surface area contributed by atoms with Crippen molar-refractivity contribution in [1.82, 2.24) is 20.2 Å². The van der Waals surface area contributed by atoms with Gasteiger partial charge in [-0.25, -0.2) is 9.78 Å². The number of fused-ring (bicyclic) bond motifs is 1. The molecule has 1 fully saturated rings. The zero-order valence-corrected chi connectivity index (χ0v) is 12.0. The minimum Gasteiger partial charge on any atom is -0.477 e. The van der Waals surface area contributed by atoms with Crippen molar-refractivity contribution in [3.05, 3.63) is 30.0 Å². The zero-order chi connectivity index (χ0) is 15.9. The number of amides is 2. The molecule has 1 aromatic heterocycles. The van der Waals surface area contributed by atoms with Crippen LogP contribution >= 0.6 is 11.8 Å². The molecule has 2 amide bonds. The van der Waals surface area contributed by atoms with Gasteiger partial charge in [0.05, 0.1) is 11.8 Å². The lowest BCUT2D eigenvalue weighted by molar-refractivity contribution is -0.147. The standard InChI is InChI=1S/C12H13N5O4S/c13-9-10(19)17-5(12(20)21)3-8(22-11(9)17)16-7(18)4-6-14-1-2-15-6/h1-3,8-9,11H,4,13H2,(H,14,15)(H,16,18)(H,20,21)/t8?,9-,11-/m1/s1. The highest BCUT2D eigenvalue weighted by Crippen LogP contribution is 2.39. The summed E-state index contributed by atoms with van der Waals surface area (Å²) in [5, 5.41) is 10.8. The van der Waals surface area contributed by atoms with Gasteiger partial charge in [-0.1, -0.05) is 0 Å².